The Morgan fingerprint density at radius 1 is 0.926 bits per heavy atom. The number of carbonyl (C=O) groups excluding carboxylic acids is 1. The van der Waals surface area contributed by atoms with Crippen LogP contribution in [0.2, 0.25) is 5.02 Å². The van der Waals surface area contributed by atoms with E-state index < -0.39 is 43.7 Å². The van der Waals surface area contributed by atoms with Crippen molar-refractivity contribution in [1.82, 2.24) is 24.9 Å². The zero-order valence-corrected chi connectivity index (χ0v) is 39.5. The molecule has 2 aliphatic heterocycles. The first-order valence-electron chi connectivity index (χ1n) is 22.8. The molecule has 1 amide bonds. The quantitative estimate of drug-likeness (QED) is 0.0701. The van der Waals surface area contributed by atoms with Crippen LogP contribution in [0.4, 0.5) is 15.8 Å². The molecule has 0 unspecified atom stereocenters. The van der Waals surface area contributed by atoms with Crippen LogP contribution in [0.15, 0.2) is 120 Å². The number of H-pyrrole nitrogens is 1. The number of nitrogens with zero attached hydrogens (tertiary/aromatic N) is 4. The number of aromatic amines is 1. The SMILES string of the molecule is CC1(C)CCC(CN2CCN(c3ccc(C(=O)NS(=O)(=O)c4ccc(OCC5(F)CCNCC5)c([N+](=O)[O-])c4)c(-c4ccccc4Oc4cnc5[nH]ccc5c4)c3)CC2)=C(c2ccc(Cl)cc2)C1. The van der Waals surface area contributed by atoms with Crippen LogP contribution < -0.4 is 24.4 Å². The lowest BCUT2D eigenvalue weighted by Crippen LogP contribution is -2.47. The van der Waals surface area contributed by atoms with Gasteiger partial charge in [-0.3, -0.25) is 19.8 Å². The number of halogens is 2. The fourth-order valence-corrected chi connectivity index (χ4v) is 10.4. The molecule has 0 radical (unpaired) electrons. The first-order chi connectivity index (χ1) is 32.6. The van der Waals surface area contributed by atoms with E-state index >= 15 is 4.39 Å². The van der Waals surface area contributed by atoms with Crippen molar-refractivity contribution in [3.05, 3.63) is 141 Å². The number of para-hydroxylation sites is 1. The second-order valence-corrected chi connectivity index (χ2v) is 20.7. The smallest absolute Gasteiger partial charge is 0.312 e. The number of allylic oxidation sites excluding steroid dienone is 1. The van der Waals surface area contributed by atoms with Crippen molar-refractivity contribution in [2.24, 2.45) is 5.41 Å². The van der Waals surface area contributed by atoms with Crippen molar-refractivity contribution in [2.75, 3.05) is 57.3 Å². The Morgan fingerprint density at radius 3 is 2.46 bits per heavy atom. The zero-order valence-electron chi connectivity index (χ0n) is 37.9. The molecule has 68 heavy (non-hydrogen) atoms. The maximum atomic E-state index is 15.3. The second-order valence-electron chi connectivity index (χ2n) is 18.6. The summed E-state index contributed by atoms with van der Waals surface area (Å²) in [6.07, 6.45) is 6.85. The van der Waals surface area contributed by atoms with Crippen LogP contribution in [0.5, 0.6) is 17.2 Å². The summed E-state index contributed by atoms with van der Waals surface area (Å²) in [7, 11) is -4.69. The molecule has 14 nitrogen and oxygen atoms in total. The van der Waals surface area contributed by atoms with Crippen LogP contribution in [0.25, 0.3) is 27.7 Å². The molecule has 2 aromatic heterocycles. The number of hydrogen-bond acceptors (Lipinski definition) is 11. The predicted molar refractivity (Wildman–Crippen MR) is 262 cm³/mol. The Bertz CT molecular complexity index is 3000. The lowest BCUT2D eigenvalue weighted by molar-refractivity contribution is -0.386. The van der Waals surface area contributed by atoms with Gasteiger partial charge in [0, 0.05) is 77.8 Å². The zero-order chi connectivity index (χ0) is 47.6. The summed E-state index contributed by atoms with van der Waals surface area (Å²) in [5.41, 5.74) is 4.37. The molecule has 3 aliphatic rings. The number of piperidine rings is 1. The molecule has 2 fully saturated rings. The number of benzene rings is 4. The molecule has 3 N–H and O–H groups in total. The van der Waals surface area contributed by atoms with Crippen molar-refractivity contribution in [3.63, 3.8) is 0 Å². The summed E-state index contributed by atoms with van der Waals surface area (Å²) in [5.74, 6) is -0.396. The Balaban J connectivity index is 0.989. The van der Waals surface area contributed by atoms with E-state index in [1.807, 2.05) is 30.3 Å². The number of carbonyl (C=O) groups is 1. The van der Waals surface area contributed by atoms with Gasteiger partial charge in [-0.1, -0.05) is 61.4 Å². The van der Waals surface area contributed by atoms with Gasteiger partial charge in [0.15, 0.2) is 5.75 Å². The predicted octanol–water partition coefficient (Wildman–Crippen LogP) is 9.96. The molecule has 4 heterocycles. The molecule has 17 heteroatoms. The Kier molecular flexibility index (Phi) is 13.3. The van der Waals surface area contributed by atoms with E-state index in [4.69, 9.17) is 21.1 Å². The highest BCUT2D eigenvalue weighted by atomic mass is 35.5. The summed E-state index contributed by atoms with van der Waals surface area (Å²) < 4.78 is 57.3. The van der Waals surface area contributed by atoms with Gasteiger partial charge >= 0.3 is 5.69 Å². The highest BCUT2D eigenvalue weighted by molar-refractivity contribution is 7.90. The van der Waals surface area contributed by atoms with E-state index in [1.54, 1.807) is 48.8 Å². The second kappa shape index (κ2) is 19.3. The van der Waals surface area contributed by atoms with Gasteiger partial charge in [0.05, 0.1) is 16.0 Å². The molecule has 0 saturated carbocycles. The molecule has 6 aromatic rings. The topological polar surface area (TPSA) is 172 Å². The minimum absolute atomic E-state index is 0.0257. The summed E-state index contributed by atoms with van der Waals surface area (Å²) in [6.45, 7) is 8.97. The highest BCUT2D eigenvalue weighted by Gasteiger charge is 2.35. The van der Waals surface area contributed by atoms with Crippen LogP contribution in [0.1, 0.15) is 61.9 Å². The van der Waals surface area contributed by atoms with Crippen LogP contribution in [0, 0.1) is 15.5 Å². The maximum absolute atomic E-state index is 15.3. The number of piperazine rings is 1. The molecule has 2 saturated heterocycles. The maximum Gasteiger partial charge on any atom is 0.312 e. The fraction of sp³-hybridized carbons (Fsp3) is 0.333. The summed E-state index contributed by atoms with van der Waals surface area (Å²) in [4.78, 5) is 37.4. The summed E-state index contributed by atoms with van der Waals surface area (Å²) in [6, 6.07) is 27.3. The number of fused-ring (bicyclic) bond motifs is 1. The van der Waals surface area contributed by atoms with Gasteiger partial charge in [-0.2, -0.15) is 0 Å². The first kappa shape index (κ1) is 46.8. The fourth-order valence-electron chi connectivity index (χ4n) is 9.32. The molecule has 0 spiro atoms. The average Bonchev–Trinajstić information content (AvgIpc) is 3.80. The summed E-state index contributed by atoms with van der Waals surface area (Å²) in [5, 5.41) is 16.8. The number of nitro benzene ring substituents is 1. The van der Waals surface area contributed by atoms with Crippen molar-refractivity contribution in [1.29, 1.82) is 0 Å². The Hall–Kier alpha value is -6.33. The van der Waals surface area contributed by atoms with E-state index in [0.717, 1.165) is 73.2 Å². The lowest BCUT2D eigenvalue weighted by atomic mass is 9.72. The number of nitro groups is 1. The van der Waals surface area contributed by atoms with Crippen LogP contribution in [-0.4, -0.2) is 92.2 Å². The number of ether oxygens (including phenoxy) is 2. The number of amides is 1. The number of nitrogens with one attached hydrogen (secondary N) is 3. The van der Waals surface area contributed by atoms with Gasteiger partial charge in [-0.15, -0.1) is 0 Å². The lowest BCUT2D eigenvalue weighted by Gasteiger charge is -2.39. The molecule has 354 valence electrons. The number of aromatic nitrogens is 2. The van der Waals surface area contributed by atoms with Gasteiger partial charge < -0.3 is 24.7 Å². The normalized spacial score (nSPS) is 17.5. The van der Waals surface area contributed by atoms with E-state index in [-0.39, 0.29) is 29.6 Å². The first-order valence-corrected chi connectivity index (χ1v) is 24.6. The molecule has 9 rings (SSSR count). The van der Waals surface area contributed by atoms with E-state index in [9.17, 15) is 23.3 Å². The third-order valence-corrected chi connectivity index (χ3v) is 14.8. The molecule has 0 atom stereocenters. The molecular formula is C51H53ClFN7O7S. The van der Waals surface area contributed by atoms with E-state index in [1.165, 1.54) is 16.7 Å². The minimum atomic E-state index is -4.69. The van der Waals surface area contributed by atoms with E-state index in [0.29, 0.717) is 54.5 Å². The number of hydrogen-bond donors (Lipinski definition) is 3. The molecule has 1 aliphatic carbocycles. The number of alkyl halides is 1. The number of rotatable bonds is 14. The highest BCUT2D eigenvalue weighted by Crippen LogP contribution is 2.44. The molecular weight excluding hydrogens is 909 g/mol. The monoisotopic (exact) mass is 961 g/mol. The third-order valence-electron chi connectivity index (χ3n) is 13.2. The van der Waals surface area contributed by atoms with Gasteiger partial charge in [-0.05, 0) is 122 Å². The summed E-state index contributed by atoms with van der Waals surface area (Å²) >= 11 is 6.27. The minimum Gasteiger partial charge on any atom is -0.483 e. The van der Waals surface area contributed by atoms with Crippen molar-refractivity contribution in [2.45, 2.75) is 56.5 Å². The van der Waals surface area contributed by atoms with E-state index in [2.05, 4.69) is 55.8 Å². The van der Waals surface area contributed by atoms with Crippen LogP contribution in [-0.2, 0) is 10.0 Å². The van der Waals surface area contributed by atoms with Crippen LogP contribution >= 0.6 is 11.6 Å². The number of sulfonamides is 1. The molecule has 4 aromatic carbocycles. The standard InChI is InChI=1S/C51H53ClFN7O7S/c1-50(2)17-15-36(44(30-50)34-7-9-37(52)10-8-34)32-58-23-25-59(26-24-58)38-11-13-42(43(28-38)41-5-3-4-6-46(41)67-39-27-35-16-20-55-48(35)56-31-39)49(61)57-68(64,65)40-12-14-47(45(29-40)60(62)63)66-33-51(53)18-21-54-22-19-51/h3-14,16,20,27-29,31,54H,15,17-19,21-26,30,32-33H2,1-2H3,(H,55,56)(H,57,61). The third kappa shape index (κ3) is 10.5. The number of pyridine rings is 1. The van der Waals surface area contributed by atoms with Crippen molar-refractivity contribution < 1.29 is 32.0 Å². The number of anilines is 1. The van der Waals surface area contributed by atoms with Gasteiger partial charge in [-0.25, -0.2) is 22.5 Å². The van der Waals surface area contributed by atoms with Crippen LogP contribution in [0.3, 0.4) is 0 Å². The molecule has 0 bridgehead atoms. The largest absolute Gasteiger partial charge is 0.483 e. The van der Waals surface area contributed by atoms with Gasteiger partial charge in [0.1, 0.15) is 29.4 Å². The van der Waals surface area contributed by atoms with Gasteiger partial charge in [0.25, 0.3) is 15.9 Å². The Morgan fingerprint density at radius 2 is 1.69 bits per heavy atom. The average molecular weight is 963 g/mol. The van der Waals surface area contributed by atoms with Crippen molar-refractivity contribution in [3.8, 4) is 28.4 Å². The van der Waals surface area contributed by atoms with Crippen molar-refractivity contribution >= 4 is 55.5 Å². The van der Waals surface area contributed by atoms with Gasteiger partial charge in [0.2, 0.25) is 0 Å². The Labute approximate surface area is 399 Å².